The van der Waals surface area contributed by atoms with E-state index in [4.69, 9.17) is 5.73 Å². The lowest BCUT2D eigenvalue weighted by Gasteiger charge is -2.17. The molecule has 1 atom stereocenters. The van der Waals surface area contributed by atoms with Crippen molar-refractivity contribution in [2.45, 2.75) is 38.0 Å². The van der Waals surface area contributed by atoms with Gasteiger partial charge in [-0.2, -0.15) is 8.78 Å². The standard InChI is InChI=1S/C13H16F2N2O2/c1-8(17-11(18)13(16)6-7-13)9-2-4-10(5-3-9)19-12(14)15/h2-5,8,12H,6-7,16H2,1H3,(H,17,18)/t8-/m1/s1. The maximum Gasteiger partial charge on any atom is 0.387 e. The number of carbonyl (C=O) groups excluding carboxylic acids is 1. The monoisotopic (exact) mass is 270 g/mol. The molecule has 4 nitrogen and oxygen atoms in total. The zero-order valence-electron chi connectivity index (χ0n) is 10.5. The highest BCUT2D eigenvalue weighted by atomic mass is 19.3. The van der Waals surface area contributed by atoms with Crippen LogP contribution in [-0.4, -0.2) is 18.1 Å². The van der Waals surface area contributed by atoms with E-state index in [2.05, 4.69) is 10.1 Å². The average molecular weight is 270 g/mol. The quantitative estimate of drug-likeness (QED) is 0.859. The van der Waals surface area contributed by atoms with Crippen molar-refractivity contribution in [3.8, 4) is 5.75 Å². The van der Waals surface area contributed by atoms with Crippen LogP contribution >= 0.6 is 0 Å². The summed E-state index contributed by atoms with van der Waals surface area (Å²) >= 11 is 0. The molecule has 3 N–H and O–H groups in total. The third kappa shape index (κ3) is 3.41. The van der Waals surface area contributed by atoms with Gasteiger partial charge in [0.05, 0.1) is 11.6 Å². The fourth-order valence-electron chi connectivity index (χ4n) is 1.72. The molecule has 2 rings (SSSR count). The second-order valence-electron chi connectivity index (χ2n) is 4.80. The molecule has 0 aliphatic heterocycles. The van der Waals surface area contributed by atoms with Crippen molar-refractivity contribution in [2.24, 2.45) is 5.73 Å². The number of alkyl halides is 2. The first-order valence-corrected chi connectivity index (χ1v) is 6.05. The van der Waals surface area contributed by atoms with Crippen molar-refractivity contribution in [3.63, 3.8) is 0 Å². The lowest BCUT2D eigenvalue weighted by molar-refractivity contribution is -0.123. The van der Waals surface area contributed by atoms with Crippen LogP contribution in [0.3, 0.4) is 0 Å². The maximum absolute atomic E-state index is 12.0. The molecular formula is C13H16F2N2O2. The molecule has 0 heterocycles. The summed E-state index contributed by atoms with van der Waals surface area (Å²) in [7, 11) is 0. The summed E-state index contributed by atoms with van der Waals surface area (Å²) in [6, 6.07) is 5.94. The molecule has 1 amide bonds. The molecule has 1 fully saturated rings. The second-order valence-corrected chi connectivity index (χ2v) is 4.80. The van der Waals surface area contributed by atoms with Gasteiger partial charge in [0.2, 0.25) is 5.91 Å². The van der Waals surface area contributed by atoms with E-state index in [9.17, 15) is 13.6 Å². The fourth-order valence-corrected chi connectivity index (χ4v) is 1.72. The Morgan fingerprint density at radius 1 is 1.37 bits per heavy atom. The molecule has 1 saturated carbocycles. The van der Waals surface area contributed by atoms with Crippen LogP contribution in [0.2, 0.25) is 0 Å². The van der Waals surface area contributed by atoms with Crippen molar-refractivity contribution >= 4 is 5.91 Å². The first kappa shape index (κ1) is 13.7. The highest BCUT2D eigenvalue weighted by Crippen LogP contribution is 2.33. The minimum atomic E-state index is -2.84. The van der Waals surface area contributed by atoms with E-state index in [1.54, 1.807) is 12.1 Å². The Morgan fingerprint density at radius 3 is 2.42 bits per heavy atom. The highest BCUT2D eigenvalue weighted by molar-refractivity contribution is 5.89. The summed E-state index contributed by atoms with van der Waals surface area (Å²) in [5, 5.41) is 2.81. The smallest absolute Gasteiger partial charge is 0.387 e. The van der Waals surface area contributed by atoms with Gasteiger partial charge in [0.1, 0.15) is 5.75 Å². The molecule has 104 valence electrons. The third-order valence-electron chi connectivity index (χ3n) is 3.19. The largest absolute Gasteiger partial charge is 0.435 e. The molecule has 0 bridgehead atoms. The molecule has 0 aromatic heterocycles. The first-order chi connectivity index (χ1) is 8.90. The Bertz CT molecular complexity index is 458. The number of halogens is 2. The first-order valence-electron chi connectivity index (χ1n) is 6.05. The predicted octanol–water partition coefficient (Wildman–Crippen LogP) is 1.96. The van der Waals surface area contributed by atoms with Gasteiger partial charge in [-0.25, -0.2) is 0 Å². The topological polar surface area (TPSA) is 64.4 Å². The molecule has 0 saturated heterocycles. The van der Waals surface area contributed by atoms with Crippen LogP contribution in [0, 0.1) is 0 Å². The molecule has 1 aromatic carbocycles. The van der Waals surface area contributed by atoms with E-state index in [0.717, 1.165) is 5.56 Å². The number of nitrogens with one attached hydrogen (secondary N) is 1. The van der Waals surface area contributed by atoms with Gasteiger partial charge in [0.25, 0.3) is 0 Å². The number of ether oxygens (including phenoxy) is 1. The normalized spacial score (nSPS) is 17.9. The maximum atomic E-state index is 12.0. The van der Waals surface area contributed by atoms with Crippen molar-refractivity contribution in [3.05, 3.63) is 29.8 Å². The Kier molecular flexibility index (Phi) is 3.71. The van der Waals surface area contributed by atoms with Crippen LogP contribution in [0.5, 0.6) is 5.75 Å². The minimum absolute atomic E-state index is 0.0924. The Labute approximate surface area is 109 Å². The number of amides is 1. The van der Waals surface area contributed by atoms with E-state index >= 15 is 0 Å². The average Bonchev–Trinajstić information content (AvgIpc) is 3.09. The Hall–Kier alpha value is -1.69. The van der Waals surface area contributed by atoms with E-state index in [0.29, 0.717) is 12.8 Å². The van der Waals surface area contributed by atoms with Gasteiger partial charge in [-0.05, 0) is 37.5 Å². The van der Waals surface area contributed by atoms with Crippen LogP contribution in [-0.2, 0) is 4.79 Å². The van der Waals surface area contributed by atoms with E-state index in [-0.39, 0.29) is 17.7 Å². The van der Waals surface area contributed by atoms with Gasteiger partial charge >= 0.3 is 6.61 Å². The molecule has 0 unspecified atom stereocenters. The van der Waals surface area contributed by atoms with Gasteiger partial charge in [-0.3, -0.25) is 4.79 Å². The third-order valence-corrected chi connectivity index (χ3v) is 3.19. The summed E-state index contributed by atoms with van der Waals surface area (Å²) in [6.45, 7) is -1.03. The van der Waals surface area contributed by atoms with Gasteiger partial charge in [-0.15, -0.1) is 0 Å². The molecule has 1 aromatic rings. The summed E-state index contributed by atoms with van der Waals surface area (Å²) in [5.41, 5.74) is 5.87. The number of hydrogen-bond acceptors (Lipinski definition) is 3. The molecule has 1 aliphatic rings. The lowest BCUT2D eigenvalue weighted by atomic mass is 10.1. The van der Waals surface area contributed by atoms with Gasteiger partial charge in [0, 0.05) is 0 Å². The van der Waals surface area contributed by atoms with Crippen LogP contribution in [0.4, 0.5) is 8.78 Å². The van der Waals surface area contributed by atoms with Gasteiger partial charge in [-0.1, -0.05) is 12.1 Å². The van der Waals surface area contributed by atoms with E-state index in [1.165, 1.54) is 12.1 Å². The van der Waals surface area contributed by atoms with Crippen molar-refractivity contribution in [1.82, 2.24) is 5.32 Å². The number of rotatable bonds is 5. The molecule has 0 spiro atoms. The van der Waals surface area contributed by atoms with Crippen LogP contribution in [0.1, 0.15) is 31.4 Å². The summed E-state index contributed by atoms with van der Waals surface area (Å²) in [6.07, 6.45) is 1.40. The van der Waals surface area contributed by atoms with Crippen LogP contribution in [0.15, 0.2) is 24.3 Å². The Balaban J connectivity index is 1.95. The van der Waals surface area contributed by atoms with Gasteiger partial charge < -0.3 is 15.8 Å². The lowest BCUT2D eigenvalue weighted by Crippen LogP contribution is -2.43. The van der Waals surface area contributed by atoms with Crippen LogP contribution < -0.4 is 15.8 Å². The Morgan fingerprint density at radius 2 is 1.95 bits per heavy atom. The van der Waals surface area contributed by atoms with E-state index < -0.39 is 12.2 Å². The summed E-state index contributed by atoms with van der Waals surface area (Å²) in [4.78, 5) is 11.8. The predicted molar refractivity (Wildman–Crippen MR) is 65.8 cm³/mol. The van der Waals surface area contributed by atoms with Crippen molar-refractivity contribution in [1.29, 1.82) is 0 Å². The SMILES string of the molecule is C[C@@H](NC(=O)C1(N)CC1)c1ccc(OC(F)F)cc1. The molecular weight excluding hydrogens is 254 g/mol. The van der Waals surface area contributed by atoms with E-state index in [1.807, 2.05) is 6.92 Å². The van der Waals surface area contributed by atoms with Crippen molar-refractivity contribution < 1.29 is 18.3 Å². The minimum Gasteiger partial charge on any atom is -0.435 e. The summed E-state index contributed by atoms with van der Waals surface area (Å²) < 4.78 is 28.2. The zero-order valence-corrected chi connectivity index (χ0v) is 10.5. The number of hydrogen-bond donors (Lipinski definition) is 2. The zero-order chi connectivity index (χ0) is 14.0. The molecule has 19 heavy (non-hydrogen) atoms. The van der Waals surface area contributed by atoms with Gasteiger partial charge in [0.15, 0.2) is 0 Å². The summed E-state index contributed by atoms with van der Waals surface area (Å²) in [5.74, 6) is -0.0809. The number of carbonyl (C=O) groups is 1. The van der Waals surface area contributed by atoms with Crippen molar-refractivity contribution in [2.75, 3.05) is 0 Å². The molecule has 1 aliphatic carbocycles. The fraction of sp³-hybridized carbons (Fsp3) is 0.462. The molecule has 6 heteroatoms. The number of benzene rings is 1. The van der Waals surface area contributed by atoms with Crippen LogP contribution in [0.25, 0.3) is 0 Å². The highest BCUT2D eigenvalue weighted by Gasteiger charge is 2.46. The number of nitrogens with two attached hydrogens (primary N) is 1. The second kappa shape index (κ2) is 5.13. The molecule has 0 radical (unpaired) electrons.